The van der Waals surface area contributed by atoms with Crippen LogP contribution in [-0.4, -0.2) is 43.9 Å². The third-order valence-electron chi connectivity index (χ3n) is 3.62. The molecule has 8 heteroatoms. The molecule has 0 fully saturated rings. The second kappa shape index (κ2) is 9.57. The van der Waals surface area contributed by atoms with Gasteiger partial charge in [-0.25, -0.2) is 4.79 Å². The van der Waals surface area contributed by atoms with Crippen molar-refractivity contribution in [1.82, 2.24) is 10.5 Å². The van der Waals surface area contributed by atoms with Gasteiger partial charge in [0.2, 0.25) is 0 Å². The minimum absolute atomic E-state index is 0.326. The summed E-state index contributed by atoms with van der Waals surface area (Å²) in [5.74, 6) is 0.351. The van der Waals surface area contributed by atoms with Crippen LogP contribution < -0.4 is 10.1 Å². The number of methoxy groups -OCH3 is 1. The molecule has 0 aliphatic carbocycles. The standard InChI is InChI=1S/C18H22N2O6/c1-12-16(13(2)26-20-12)10-24-15-6-4-14(5-7-15)18(22)25-11-17(21)19-8-9-23-3/h4-7H,8-11H2,1-3H3,(H,19,21). The lowest BCUT2D eigenvalue weighted by Crippen LogP contribution is -2.31. The minimum Gasteiger partial charge on any atom is -0.489 e. The number of aromatic nitrogens is 1. The lowest BCUT2D eigenvalue weighted by molar-refractivity contribution is -0.124. The number of rotatable bonds is 9. The van der Waals surface area contributed by atoms with Crippen LogP contribution in [0.4, 0.5) is 0 Å². The van der Waals surface area contributed by atoms with Gasteiger partial charge in [0.1, 0.15) is 18.1 Å². The van der Waals surface area contributed by atoms with Gasteiger partial charge in [-0.05, 0) is 38.1 Å². The van der Waals surface area contributed by atoms with Gasteiger partial charge >= 0.3 is 5.97 Å². The van der Waals surface area contributed by atoms with Gasteiger partial charge in [-0.1, -0.05) is 5.16 Å². The summed E-state index contributed by atoms with van der Waals surface area (Å²) in [6.07, 6.45) is 0. The number of benzene rings is 1. The molecule has 0 radical (unpaired) electrons. The number of nitrogens with one attached hydrogen (secondary N) is 1. The Morgan fingerprint density at radius 1 is 1.19 bits per heavy atom. The van der Waals surface area contributed by atoms with Crippen molar-refractivity contribution in [2.24, 2.45) is 0 Å². The molecule has 1 heterocycles. The van der Waals surface area contributed by atoms with E-state index < -0.39 is 5.97 Å². The largest absolute Gasteiger partial charge is 0.489 e. The van der Waals surface area contributed by atoms with Crippen LogP contribution in [0.25, 0.3) is 0 Å². The Morgan fingerprint density at radius 2 is 1.92 bits per heavy atom. The number of hydrogen-bond acceptors (Lipinski definition) is 7. The molecule has 0 atom stereocenters. The van der Waals surface area contributed by atoms with E-state index in [0.29, 0.717) is 36.8 Å². The molecule has 8 nitrogen and oxygen atoms in total. The minimum atomic E-state index is -0.579. The average molecular weight is 362 g/mol. The van der Waals surface area contributed by atoms with Crippen LogP contribution in [0, 0.1) is 13.8 Å². The average Bonchev–Trinajstić information content (AvgIpc) is 2.96. The third kappa shape index (κ3) is 5.59. The van der Waals surface area contributed by atoms with Crippen molar-refractivity contribution in [2.45, 2.75) is 20.5 Å². The zero-order valence-electron chi connectivity index (χ0n) is 15.0. The van der Waals surface area contributed by atoms with Gasteiger partial charge in [0.25, 0.3) is 5.91 Å². The number of nitrogens with zero attached hydrogens (tertiary/aromatic N) is 1. The van der Waals surface area contributed by atoms with Crippen molar-refractivity contribution in [1.29, 1.82) is 0 Å². The number of ether oxygens (including phenoxy) is 3. The maximum Gasteiger partial charge on any atom is 0.338 e. The summed E-state index contributed by atoms with van der Waals surface area (Å²) in [5, 5.41) is 6.43. The van der Waals surface area contributed by atoms with E-state index in [-0.39, 0.29) is 12.5 Å². The van der Waals surface area contributed by atoms with Crippen molar-refractivity contribution >= 4 is 11.9 Å². The first kappa shape index (κ1) is 19.5. The Bertz CT molecular complexity index is 719. The molecule has 0 spiro atoms. The van der Waals surface area contributed by atoms with Gasteiger partial charge in [-0.15, -0.1) is 0 Å². The highest BCUT2D eigenvalue weighted by atomic mass is 16.5. The van der Waals surface area contributed by atoms with Crippen LogP contribution in [-0.2, 0) is 20.9 Å². The Balaban J connectivity index is 1.81. The highest BCUT2D eigenvalue weighted by Gasteiger charge is 2.12. The highest BCUT2D eigenvalue weighted by molar-refractivity contribution is 5.91. The maximum atomic E-state index is 11.9. The van der Waals surface area contributed by atoms with E-state index in [4.69, 9.17) is 18.7 Å². The van der Waals surface area contributed by atoms with Crippen molar-refractivity contribution < 1.29 is 28.3 Å². The van der Waals surface area contributed by atoms with Gasteiger partial charge in [0, 0.05) is 13.7 Å². The van der Waals surface area contributed by atoms with Crippen molar-refractivity contribution in [3.8, 4) is 5.75 Å². The molecule has 0 aliphatic rings. The lowest BCUT2D eigenvalue weighted by Gasteiger charge is -2.08. The lowest BCUT2D eigenvalue weighted by atomic mass is 10.2. The Labute approximate surface area is 151 Å². The van der Waals surface area contributed by atoms with Gasteiger partial charge in [0.15, 0.2) is 6.61 Å². The molecule has 140 valence electrons. The summed E-state index contributed by atoms with van der Waals surface area (Å²) in [6.45, 7) is 4.42. The molecule has 0 saturated heterocycles. The maximum absolute atomic E-state index is 11.9. The van der Waals surface area contributed by atoms with Crippen LogP contribution in [0.5, 0.6) is 5.75 Å². The molecule has 1 aromatic heterocycles. The van der Waals surface area contributed by atoms with Crippen LogP contribution >= 0.6 is 0 Å². The summed E-state index contributed by atoms with van der Waals surface area (Å²) >= 11 is 0. The normalized spacial score (nSPS) is 10.4. The van der Waals surface area contributed by atoms with Gasteiger partial charge in [0.05, 0.1) is 23.4 Å². The molecule has 1 N–H and O–H groups in total. The second-order valence-corrected chi connectivity index (χ2v) is 5.53. The van der Waals surface area contributed by atoms with E-state index in [0.717, 1.165) is 11.3 Å². The second-order valence-electron chi connectivity index (χ2n) is 5.53. The van der Waals surface area contributed by atoms with Crippen LogP contribution in [0.1, 0.15) is 27.4 Å². The smallest absolute Gasteiger partial charge is 0.338 e. The first-order chi connectivity index (χ1) is 12.5. The van der Waals surface area contributed by atoms with Crippen molar-refractivity contribution in [3.63, 3.8) is 0 Å². The molecule has 1 amide bonds. The molecule has 2 rings (SSSR count). The first-order valence-corrected chi connectivity index (χ1v) is 8.08. The fourth-order valence-corrected chi connectivity index (χ4v) is 2.11. The Hall–Kier alpha value is -2.87. The fraction of sp³-hybridized carbons (Fsp3) is 0.389. The number of aryl methyl sites for hydroxylation is 2. The van der Waals surface area contributed by atoms with Gasteiger partial charge in [-0.2, -0.15) is 0 Å². The predicted molar refractivity (Wildman–Crippen MR) is 91.9 cm³/mol. The van der Waals surface area contributed by atoms with E-state index in [2.05, 4.69) is 10.5 Å². The quantitative estimate of drug-likeness (QED) is 0.536. The number of carbonyl (C=O) groups is 2. The van der Waals surface area contributed by atoms with Gasteiger partial charge in [-0.3, -0.25) is 4.79 Å². The van der Waals surface area contributed by atoms with E-state index in [1.54, 1.807) is 24.3 Å². The predicted octanol–water partition coefficient (Wildman–Crippen LogP) is 1.79. The molecule has 0 unspecified atom stereocenters. The number of hydrogen-bond donors (Lipinski definition) is 1. The van der Waals surface area contributed by atoms with E-state index in [9.17, 15) is 9.59 Å². The SMILES string of the molecule is COCCNC(=O)COC(=O)c1ccc(OCc2c(C)noc2C)cc1. The molecule has 0 aliphatic heterocycles. The molecule has 1 aromatic carbocycles. The van der Waals surface area contributed by atoms with Crippen molar-refractivity contribution in [3.05, 3.63) is 46.8 Å². The monoisotopic (exact) mass is 362 g/mol. The first-order valence-electron chi connectivity index (χ1n) is 8.08. The van der Waals surface area contributed by atoms with Gasteiger partial charge < -0.3 is 24.1 Å². The summed E-state index contributed by atoms with van der Waals surface area (Å²) in [5.41, 5.74) is 2.01. The summed E-state index contributed by atoms with van der Waals surface area (Å²) in [6, 6.07) is 6.47. The molecule has 0 saturated carbocycles. The Kier molecular flexibility index (Phi) is 7.16. The number of carbonyl (C=O) groups excluding carboxylic acids is 2. The summed E-state index contributed by atoms with van der Waals surface area (Å²) < 4.78 is 20.5. The molecule has 26 heavy (non-hydrogen) atoms. The van der Waals surface area contributed by atoms with Crippen LogP contribution in [0.15, 0.2) is 28.8 Å². The summed E-state index contributed by atoms with van der Waals surface area (Å²) in [4.78, 5) is 23.4. The highest BCUT2D eigenvalue weighted by Crippen LogP contribution is 2.18. The van der Waals surface area contributed by atoms with Crippen LogP contribution in [0.2, 0.25) is 0 Å². The van der Waals surface area contributed by atoms with E-state index in [1.807, 2.05) is 13.8 Å². The topological polar surface area (TPSA) is 99.9 Å². The zero-order chi connectivity index (χ0) is 18.9. The number of amides is 1. The molecule has 0 bridgehead atoms. The molecular weight excluding hydrogens is 340 g/mol. The van der Waals surface area contributed by atoms with E-state index >= 15 is 0 Å². The summed E-state index contributed by atoms with van der Waals surface area (Å²) in [7, 11) is 1.54. The van der Waals surface area contributed by atoms with Crippen LogP contribution in [0.3, 0.4) is 0 Å². The zero-order valence-corrected chi connectivity index (χ0v) is 15.0. The fourth-order valence-electron chi connectivity index (χ4n) is 2.11. The molecular formula is C18H22N2O6. The van der Waals surface area contributed by atoms with Crippen molar-refractivity contribution in [2.75, 3.05) is 26.9 Å². The molecule has 2 aromatic rings. The Morgan fingerprint density at radius 3 is 2.54 bits per heavy atom. The third-order valence-corrected chi connectivity index (χ3v) is 3.62. The number of esters is 1. The van der Waals surface area contributed by atoms with E-state index in [1.165, 1.54) is 7.11 Å².